The van der Waals surface area contributed by atoms with Gasteiger partial charge >= 0.3 is 0 Å². The zero-order valence-electron chi connectivity index (χ0n) is 16.8. The van der Waals surface area contributed by atoms with Gasteiger partial charge in [0.25, 0.3) is 0 Å². The van der Waals surface area contributed by atoms with Crippen LogP contribution in [0.25, 0.3) is 6.08 Å². The molecule has 4 rings (SSSR count). The smallest absolute Gasteiger partial charge is 0.250 e. The number of benzene rings is 2. The topological polar surface area (TPSA) is 49.4 Å². The second kappa shape index (κ2) is 8.38. The Morgan fingerprint density at radius 1 is 1.13 bits per heavy atom. The summed E-state index contributed by atoms with van der Waals surface area (Å²) in [6.07, 6.45) is 4.39. The molecule has 0 aromatic heterocycles. The number of fused-ring (bicyclic) bond motifs is 1. The van der Waals surface area contributed by atoms with Crippen LogP contribution < -0.4 is 16.2 Å². The van der Waals surface area contributed by atoms with Crippen molar-refractivity contribution in [2.24, 2.45) is 0 Å². The standard InChI is InChI=1S/C24H22Cl2N2O2/c1-3-4-5-17-22(24(30)23(17)29)27-16-8-6-14(7-9-16)19-12-28(2)13-20-18(19)10-15(25)11-21(20)26/h4-11,19,27H,3,12-13H2,1-2H3/b5-4-. The van der Waals surface area contributed by atoms with E-state index in [1.54, 1.807) is 12.1 Å². The summed E-state index contributed by atoms with van der Waals surface area (Å²) in [5.74, 6) is 0.151. The van der Waals surface area contributed by atoms with Crippen molar-refractivity contribution in [2.75, 3.05) is 18.9 Å². The molecule has 0 aliphatic carbocycles. The lowest BCUT2D eigenvalue weighted by Crippen LogP contribution is -2.36. The number of halogens is 2. The Kier molecular flexibility index (Phi) is 5.83. The molecular weight excluding hydrogens is 419 g/mol. The zero-order valence-corrected chi connectivity index (χ0v) is 18.3. The molecule has 1 aliphatic heterocycles. The normalized spacial score (nSPS) is 16.9. The van der Waals surface area contributed by atoms with Gasteiger partial charge in [-0.1, -0.05) is 54.4 Å². The fourth-order valence-electron chi connectivity index (χ4n) is 4.00. The first kappa shape index (κ1) is 20.9. The Morgan fingerprint density at radius 3 is 2.57 bits per heavy atom. The number of likely N-dealkylation sites (N-methyl/N-ethyl adjacent to an activating group) is 1. The van der Waals surface area contributed by atoms with Crippen LogP contribution in [-0.2, 0) is 6.54 Å². The Labute approximate surface area is 185 Å². The predicted molar refractivity (Wildman–Crippen MR) is 125 cm³/mol. The van der Waals surface area contributed by atoms with Crippen molar-refractivity contribution in [3.8, 4) is 0 Å². The first-order chi connectivity index (χ1) is 14.4. The Hall–Kier alpha value is -2.40. The van der Waals surface area contributed by atoms with E-state index in [2.05, 4.69) is 17.3 Å². The van der Waals surface area contributed by atoms with E-state index in [1.165, 1.54) is 0 Å². The van der Waals surface area contributed by atoms with Crippen LogP contribution in [0.2, 0.25) is 10.0 Å². The van der Waals surface area contributed by atoms with Crippen molar-refractivity contribution < 1.29 is 0 Å². The molecule has 4 nitrogen and oxygen atoms in total. The number of nitrogens with one attached hydrogen (secondary N) is 1. The number of nitrogens with zero attached hydrogens (tertiary/aromatic N) is 1. The van der Waals surface area contributed by atoms with Crippen LogP contribution in [-0.4, -0.2) is 18.5 Å². The van der Waals surface area contributed by atoms with E-state index in [0.29, 0.717) is 21.3 Å². The fraction of sp³-hybridized carbons (Fsp3) is 0.250. The van der Waals surface area contributed by atoms with Gasteiger partial charge in [0.15, 0.2) is 0 Å². The highest BCUT2D eigenvalue weighted by Gasteiger charge is 2.27. The summed E-state index contributed by atoms with van der Waals surface area (Å²) < 4.78 is 0. The lowest BCUT2D eigenvalue weighted by atomic mass is 9.84. The predicted octanol–water partition coefficient (Wildman–Crippen LogP) is 5.33. The lowest BCUT2D eigenvalue weighted by Gasteiger charge is -2.33. The molecule has 0 saturated carbocycles. The van der Waals surface area contributed by atoms with Gasteiger partial charge in [-0.05, 0) is 54.4 Å². The van der Waals surface area contributed by atoms with Crippen LogP contribution in [0.1, 0.15) is 41.5 Å². The SMILES string of the molecule is CC/C=C\c1c(Nc2ccc(C3CN(C)Cc4c(Cl)cc(Cl)cc43)cc2)c(=O)c1=O. The van der Waals surface area contributed by atoms with Gasteiger partial charge in [-0.15, -0.1) is 0 Å². The van der Waals surface area contributed by atoms with Gasteiger partial charge in [0.05, 0.1) is 5.56 Å². The molecular formula is C24H22Cl2N2O2. The van der Waals surface area contributed by atoms with Gasteiger partial charge in [-0.3, -0.25) is 9.59 Å². The third-order valence-electron chi connectivity index (χ3n) is 5.54. The van der Waals surface area contributed by atoms with E-state index in [4.69, 9.17) is 23.2 Å². The van der Waals surface area contributed by atoms with Gasteiger partial charge in [0.2, 0.25) is 10.9 Å². The Balaban J connectivity index is 1.62. The molecule has 1 atom stereocenters. The maximum Gasteiger partial charge on any atom is 0.250 e. The molecule has 3 aromatic rings. The number of rotatable bonds is 5. The average molecular weight is 441 g/mol. The Morgan fingerprint density at radius 2 is 1.87 bits per heavy atom. The first-order valence-electron chi connectivity index (χ1n) is 9.92. The number of anilines is 2. The molecule has 1 N–H and O–H groups in total. The van der Waals surface area contributed by atoms with E-state index in [1.807, 2.05) is 43.3 Å². The van der Waals surface area contributed by atoms with E-state index in [-0.39, 0.29) is 5.92 Å². The molecule has 0 bridgehead atoms. The molecule has 154 valence electrons. The number of hydrogen-bond acceptors (Lipinski definition) is 4. The summed E-state index contributed by atoms with van der Waals surface area (Å²) in [6.45, 7) is 3.63. The van der Waals surface area contributed by atoms with Crippen molar-refractivity contribution in [1.29, 1.82) is 0 Å². The molecule has 1 heterocycles. The van der Waals surface area contributed by atoms with E-state index >= 15 is 0 Å². The van der Waals surface area contributed by atoms with Crippen LogP contribution in [0.5, 0.6) is 0 Å². The van der Waals surface area contributed by atoms with Crippen LogP contribution in [0.4, 0.5) is 11.4 Å². The molecule has 6 heteroatoms. The van der Waals surface area contributed by atoms with Crippen molar-refractivity contribution >= 4 is 40.7 Å². The minimum Gasteiger partial charge on any atom is -0.352 e. The molecule has 1 aliphatic rings. The van der Waals surface area contributed by atoms with Crippen LogP contribution in [0.3, 0.4) is 0 Å². The molecule has 0 fully saturated rings. The monoisotopic (exact) mass is 440 g/mol. The van der Waals surface area contributed by atoms with Gasteiger partial charge in [-0.25, -0.2) is 0 Å². The van der Waals surface area contributed by atoms with Gasteiger partial charge in [-0.2, -0.15) is 0 Å². The maximum atomic E-state index is 12.0. The first-order valence-corrected chi connectivity index (χ1v) is 10.7. The summed E-state index contributed by atoms with van der Waals surface area (Å²) in [5.41, 5.74) is 4.07. The maximum absolute atomic E-state index is 12.0. The highest BCUT2D eigenvalue weighted by atomic mass is 35.5. The fourth-order valence-corrected chi connectivity index (χ4v) is 4.57. The molecule has 0 spiro atoms. The molecule has 0 amide bonds. The molecule has 30 heavy (non-hydrogen) atoms. The molecule has 1 unspecified atom stereocenters. The summed E-state index contributed by atoms with van der Waals surface area (Å²) in [5, 5.41) is 4.43. The third-order valence-corrected chi connectivity index (χ3v) is 6.10. The van der Waals surface area contributed by atoms with Crippen molar-refractivity contribution in [2.45, 2.75) is 25.8 Å². The third kappa shape index (κ3) is 3.83. The van der Waals surface area contributed by atoms with Gasteiger partial charge in [0.1, 0.15) is 5.69 Å². The number of allylic oxidation sites excluding steroid dienone is 1. The van der Waals surface area contributed by atoms with Crippen LogP contribution >= 0.6 is 23.2 Å². The quantitative estimate of drug-likeness (QED) is 0.544. The summed E-state index contributed by atoms with van der Waals surface area (Å²) >= 11 is 12.7. The van der Waals surface area contributed by atoms with E-state index in [9.17, 15) is 9.59 Å². The van der Waals surface area contributed by atoms with E-state index < -0.39 is 10.9 Å². The largest absolute Gasteiger partial charge is 0.352 e. The van der Waals surface area contributed by atoms with Gasteiger partial charge < -0.3 is 10.2 Å². The van der Waals surface area contributed by atoms with Crippen molar-refractivity contribution in [3.05, 3.63) is 95.2 Å². The Bertz CT molecular complexity index is 1190. The summed E-state index contributed by atoms with van der Waals surface area (Å²) in [6, 6.07) is 11.7. The highest BCUT2D eigenvalue weighted by Crippen LogP contribution is 2.38. The summed E-state index contributed by atoms with van der Waals surface area (Å²) in [4.78, 5) is 26.0. The van der Waals surface area contributed by atoms with Crippen LogP contribution in [0.15, 0.2) is 52.1 Å². The van der Waals surface area contributed by atoms with Crippen molar-refractivity contribution in [1.82, 2.24) is 4.90 Å². The van der Waals surface area contributed by atoms with Crippen molar-refractivity contribution in [3.63, 3.8) is 0 Å². The lowest BCUT2D eigenvalue weighted by molar-refractivity contribution is 0.295. The van der Waals surface area contributed by atoms with E-state index in [0.717, 1.165) is 41.9 Å². The second-order valence-electron chi connectivity index (χ2n) is 7.71. The molecule has 3 aromatic carbocycles. The second-order valence-corrected chi connectivity index (χ2v) is 8.55. The van der Waals surface area contributed by atoms with Gasteiger partial charge in [0, 0.05) is 34.7 Å². The molecule has 0 radical (unpaired) electrons. The number of hydrogen-bond donors (Lipinski definition) is 1. The minimum absolute atomic E-state index is 0.151. The highest BCUT2D eigenvalue weighted by molar-refractivity contribution is 6.35. The summed E-state index contributed by atoms with van der Waals surface area (Å²) in [7, 11) is 2.08. The minimum atomic E-state index is -0.470. The zero-order chi connectivity index (χ0) is 21.4. The molecule has 0 saturated heterocycles. The average Bonchev–Trinajstić information content (AvgIpc) is 2.73. The van der Waals surface area contributed by atoms with Crippen LogP contribution in [0, 0.1) is 0 Å².